The number of halogens is 3. The van der Waals surface area contributed by atoms with Crippen molar-refractivity contribution in [1.29, 1.82) is 0 Å². The van der Waals surface area contributed by atoms with Gasteiger partial charge in [0, 0.05) is 63.7 Å². The van der Waals surface area contributed by atoms with E-state index < -0.39 is 17.2 Å². The number of carbonyl (C=O) groups is 1. The predicted octanol–water partition coefficient (Wildman–Crippen LogP) is 3.41. The van der Waals surface area contributed by atoms with Crippen LogP contribution in [-0.2, 0) is 33.4 Å². The molecule has 0 unspecified atom stereocenters. The smallest absolute Gasteiger partial charge is 0.379 e. The highest BCUT2D eigenvalue weighted by Gasteiger charge is 2.49. The van der Waals surface area contributed by atoms with E-state index in [9.17, 15) is 18.0 Å². The lowest BCUT2D eigenvalue weighted by Gasteiger charge is -2.44. The van der Waals surface area contributed by atoms with Gasteiger partial charge >= 0.3 is 6.18 Å². The van der Waals surface area contributed by atoms with Gasteiger partial charge < -0.3 is 20.1 Å². The van der Waals surface area contributed by atoms with E-state index in [1.165, 1.54) is 0 Å². The highest BCUT2D eigenvalue weighted by molar-refractivity contribution is 5.86. The van der Waals surface area contributed by atoms with Gasteiger partial charge in [-0.15, -0.1) is 0 Å². The fourth-order valence-corrected chi connectivity index (χ4v) is 6.03. The molecule has 0 spiro atoms. The van der Waals surface area contributed by atoms with Crippen molar-refractivity contribution < 1.29 is 27.4 Å². The lowest BCUT2D eigenvalue weighted by molar-refractivity contribution is -0.143. The maximum Gasteiger partial charge on any atom is 0.417 e. The van der Waals surface area contributed by atoms with Gasteiger partial charge in [0.1, 0.15) is 0 Å². The lowest BCUT2D eigenvalue weighted by atomic mass is 9.74. The number of alkyl halides is 3. The van der Waals surface area contributed by atoms with Crippen molar-refractivity contribution in [3.63, 3.8) is 0 Å². The van der Waals surface area contributed by atoms with Crippen LogP contribution in [0.25, 0.3) is 0 Å². The Hall–Kier alpha value is -2.01. The third-order valence-electron chi connectivity index (χ3n) is 8.29. The number of pyridine rings is 1. The maximum atomic E-state index is 14.1. The van der Waals surface area contributed by atoms with Crippen molar-refractivity contribution in [2.75, 3.05) is 40.0 Å². The van der Waals surface area contributed by atoms with E-state index in [0.29, 0.717) is 50.4 Å². The molecule has 4 rings (SSSR count). The van der Waals surface area contributed by atoms with Gasteiger partial charge in [0.05, 0.1) is 23.7 Å². The van der Waals surface area contributed by atoms with E-state index in [1.807, 2.05) is 19.9 Å². The van der Waals surface area contributed by atoms with Crippen molar-refractivity contribution in [3.8, 4) is 0 Å². The first-order chi connectivity index (χ1) is 17.6. The number of hydrogen-bond donors (Lipinski definition) is 1. The Balaban J connectivity index is 1.55. The number of methoxy groups -OCH3 is 1. The van der Waals surface area contributed by atoms with E-state index in [4.69, 9.17) is 15.2 Å². The first-order valence-electron chi connectivity index (χ1n) is 13.2. The molecule has 1 aromatic heterocycles. The normalized spacial score (nSPS) is 28.2. The third-order valence-corrected chi connectivity index (χ3v) is 8.29. The van der Waals surface area contributed by atoms with Crippen LogP contribution in [0.3, 0.4) is 0 Å². The number of aromatic nitrogens is 1. The Morgan fingerprint density at radius 1 is 1.41 bits per heavy atom. The number of amides is 1. The Kier molecular flexibility index (Phi) is 8.62. The van der Waals surface area contributed by atoms with Crippen LogP contribution >= 0.6 is 0 Å². The summed E-state index contributed by atoms with van der Waals surface area (Å²) in [6.07, 6.45) is 3.28. The number of nitrogens with two attached hydrogens (primary N) is 1. The molecule has 1 amide bonds. The molecule has 4 atom stereocenters. The minimum atomic E-state index is -4.47. The van der Waals surface area contributed by atoms with Gasteiger partial charge in [0.25, 0.3) is 0 Å². The molecule has 0 aromatic carbocycles. The van der Waals surface area contributed by atoms with Crippen molar-refractivity contribution in [1.82, 2.24) is 14.8 Å². The summed E-state index contributed by atoms with van der Waals surface area (Å²) in [5, 5.41) is 0. The highest BCUT2D eigenvalue weighted by atomic mass is 19.4. The third kappa shape index (κ3) is 5.72. The zero-order chi connectivity index (χ0) is 26.8. The van der Waals surface area contributed by atoms with Gasteiger partial charge in [-0.2, -0.15) is 13.2 Å². The topological polar surface area (TPSA) is 80.9 Å². The van der Waals surface area contributed by atoms with Crippen LogP contribution in [0.4, 0.5) is 13.2 Å². The average molecular weight is 525 g/mol. The van der Waals surface area contributed by atoms with Crippen LogP contribution in [-0.4, -0.2) is 78.8 Å². The zero-order valence-corrected chi connectivity index (χ0v) is 22.0. The quantitative estimate of drug-likeness (QED) is 0.525. The van der Waals surface area contributed by atoms with Crippen LogP contribution in [0.1, 0.15) is 49.9 Å². The van der Waals surface area contributed by atoms with E-state index >= 15 is 0 Å². The molecule has 2 aliphatic heterocycles. The van der Waals surface area contributed by atoms with Gasteiger partial charge in [0.2, 0.25) is 5.91 Å². The SMILES string of the molecule is CO[C@@H]1COCC[C@@H]1N(CCCN)[C@@H]1C=C[C@@](C(=O)N2CCc3ncc(C(F)(F)F)cc3C2)(C(C)C)C1. The second-order valence-corrected chi connectivity index (χ2v) is 10.7. The molecule has 1 aliphatic carbocycles. The van der Waals surface area contributed by atoms with Crippen molar-refractivity contribution in [3.05, 3.63) is 41.2 Å². The second-order valence-electron chi connectivity index (χ2n) is 10.7. The van der Waals surface area contributed by atoms with Crippen molar-refractivity contribution >= 4 is 5.91 Å². The molecular formula is C27H39F3N4O3. The van der Waals surface area contributed by atoms with E-state index in [0.717, 1.165) is 31.6 Å². The van der Waals surface area contributed by atoms with Crippen molar-refractivity contribution in [2.45, 2.75) is 70.4 Å². The van der Waals surface area contributed by atoms with Crippen LogP contribution in [0.15, 0.2) is 24.4 Å². The summed E-state index contributed by atoms with van der Waals surface area (Å²) in [7, 11) is 1.70. The summed E-state index contributed by atoms with van der Waals surface area (Å²) in [5.41, 5.74) is 5.46. The molecule has 0 saturated carbocycles. The van der Waals surface area contributed by atoms with Crippen LogP contribution in [0.5, 0.6) is 0 Å². The average Bonchev–Trinajstić information content (AvgIpc) is 3.34. The zero-order valence-electron chi connectivity index (χ0n) is 22.0. The summed E-state index contributed by atoms with van der Waals surface area (Å²) >= 11 is 0. The summed E-state index contributed by atoms with van der Waals surface area (Å²) in [6, 6.07) is 1.34. The molecule has 1 fully saturated rings. The van der Waals surface area contributed by atoms with Crippen LogP contribution < -0.4 is 5.73 Å². The summed E-state index contributed by atoms with van der Waals surface area (Å²) in [4.78, 5) is 22.3. The molecule has 3 heterocycles. The second kappa shape index (κ2) is 11.4. The fraction of sp³-hybridized carbons (Fsp3) is 0.704. The van der Waals surface area contributed by atoms with Crippen molar-refractivity contribution in [2.24, 2.45) is 17.1 Å². The lowest BCUT2D eigenvalue weighted by Crippen LogP contribution is -2.55. The van der Waals surface area contributed by atoms with Gasteiger partial charge in [-0.1, -0.05) is 26.0 Å². The molecule has 0 radical (unpaired) electrons. The standard InChI is InChI=1S/C27H39F3N4O3/c1-18(2)26(25(35)33-11-6-22-19(16-33)13-20(15-32-22)27(28,29)30)8-5-21(14-26)34(10-4-9-31)23-7-12-37-17-24(23)36-3/h5,8,13,15,18,21,23-24H,4,6-7,9-12,14,16-17,31H2,1-3H3/t21-,23+,24-,26+/m1/s1. The van der Waals surface area contributed by atoms with E-state index in [1.54, 1.807) is 12.0 Å². The predicted molar refractivity (Wildman–Crippen MR) is 134 cm³/mol. The molecule has 2 N–H and O–H groups in total. The molecule has 10 heteroatoms. The largest absolute Gasteiger partial charge is 0.417 e. The highest BCUT2D eigenvalue weighted by Crippen LogP contribution is 2.44. The molecule has 7 nitrogen and oxygen atoms in total. The molecule has 1 saturated heterocycles. The summed E-state index contributed by atoms with van der Waals surface area (Å²) in [5.74, 6) is -0.00935. The van der Waals surface area contributed by atoms with E-state index in [2.05, 4.69) is 16.0 Å². The number of carbonyl (C=O) groups excluding carboxylic acids is 1. The molecule has 3 aliphatic rings. The van der Waals surface area contributed by atoms with Gasteiger partial charge in [-0.25, -0.2) is 0 Å². The molecule has 0 bridgehead atoms. The van der Waals surface area contributed by atoms with Crippen LogP contribution in [0.2, 0.25) is 0 Å². The van der Waals surface area contributed by atoms with Crippen LogP contribution in [0, 0.1) is 11.3 Å². The maximum absolute atomic E-state index is 14.1. The number of fused-ring (bicyclic) bond motifs is 1. The first-order valence-corrected chi connectivity index (χ1v) is 13.2. The number of hydrogen-bond acceptors (Lipinski definition) is 6. The molecule has 37 heavy (non-hydrogen) atoms. The summed E-state index contributed by atoms with van der Waals surface area (Å²) < 4.78 is 51.2. The first kappa shape index (κ1) is 28.0. The monoisotopic (exact) mass is 524 g/mol. The summed E-state index contributed by atoms with van der Waals surface area (Å²) in [6.45, 7) is 7.23. The van der Waals surface area contributed by atoms with Gasteiger partial charge in [-0.05, 0) is 43.4 Å². The minimum absolute atomic E-state index is 0.0200. The minimum Gasteiger partial charge on any atom is -0.379 e. The fourth-order valence-electron chi connectivity index (χ4n) is 6.03. The van der Waals surface area contributed by atoms with Gasteiger partial charge in [0.15, 0.2) is 0 Å². The molecule has 1 aromatic rings. The Morgan fingerprint density at radius 3 is 2.86 bits per heavy atom. The Morgan fingerprint density at radius 2 is 2.19 bits per heavy atom. The Labute approximate surface area is 217 Å². The van der Waals surface area contributed by atoms with Gasteiger partial charge in [-0.3, -0.25) is 14.7 Å². The molecule has 206 valence electrons. The van der Waals surface area contributed by atoms with E-state index in [-0.39, 0.29) is 36.6 Å². The molecular weight excluding hydrogens is 485 g/mol. The number of nitrogens with zero attached hydrogens (tertiary/aromatic N) is 3. The number of ether oxygens (including phenoxy) is 2. The Bertz CT molecular complexity index is 986. The number of rotatable bonds is 8.